The number of halogens is 1. The van der Waals surface area contributed by atoms with Gasteiger partial charge >= 0.3 is 12.0 Å². The summed E-state index contributed by atoms with van der Waals surface area (Å²) in [5.74, 6) is -0.872. The average Bonchev–Trinajstić information content (AvgIpc) is 2.91. The Balaban J connectivity index is 1.98. The lowest BCUT2D eigenvalue weighted by Crippen LogP contribution is -2.34. The van der Waals surface area contributed by atoms with Crippen molar-refractivity contribution in [2.75, 3.05) is 6.61 Å². The van der Waals surface area contributed by atoms with Crippen LogP contribution in [0.25, 0.3) is 0 Å². The molecule has 0 radical (unpaired) electrons. The van der Waals surface area contributed by atoms with Crippen LogP contribution in [0.15, 0.2) is 30.3 Å². The van der Waals surface area contributed by atoms with E-state index in [1.165, 1.54) is 11.3 Å². The number of ether oxygens (including phenoxy) is 1. The summed E-state index contributed by atoms with van der Waals surface area (Å²) >= 11 is 7.36. The third-order valence-electron chi connectivity index (χ3n) is 3.67. The molecule has 0 unspecified atom stereocenters. The first-order valence-electron chi connectivity index (χ1n) is 7.83. The third-order valence-corrected chi connectivity index (χ3v) is 4.88. The Morgan fingerprint density at radius 1 is 1.23 bits per heavy atom. The van der Waals surface area contributed by atoms with Crippen LogP contribution >= 0.6 is 22.9 Å². The zero-order valence-electron chi connectivity index (χ0n) is 14.4. The Morgan fingerprint density at radius 2 is 1.88 bits per heavy atom. The fourth-order valence-corrected chi connectivity index (χ4v) is 3.54. The first kappa shape index (κ1) is 19.9. The number of amides is 2. The van der Waals surface area contributed by atoms with Gasteiger partial charge < -0.3 is 15.8 Å². The van der Waals surface area contributed by atoms with Gasteiger partial charge in [0.15, 0.2) is 6.61 Å². The first-order valence-corrected chi connectivity index (χ1v) is 9.03. The topological polar surface area (TPSA) is 98.5 Å². The highest BCUT2D eigenvalue weighted by Gasteiger charge is 2.20. The number of urea groups is 1. The molecule has 0 saturated heterocycles. The monoisotopic (exact) mass is 394 g/mol. The number of thiophene rings is 1. The number of hydrogen-bond donors (Lipinski definition) is 2. The summed E-state index contributed by atoms with van der Waals surface area (Å²) in [4.78, 5) is 37.4. The molecule has 1 heterocycles. The molecule has 2 aromatic rings. The van der Waals surface area contributed by atoms with Gasteiger partial charge in [0.25, 0.3) is 0 Å². The minimum atomic E-state index is -0.766. The molecule has 6 nitrogen and oxygen atoms in total. The van der Waals surface area contributed by atoms with Gasteiger partial charge in [0.05, 0.1) is 12.5 Å². The van der Waals surface area contributed by atoms with E-state index in [0.29, 0.717) is 16.1 Å². The number of nitrogens with two attached hydrogens (primary N) is 1. The van der Waals surface area contributed by atoms with Crippen molar-refractivity contribution in [3.63, 3.8) is 0 Å². The van der Waals surface area contributed by atoms with Crippen LogP contribution in [0.1, 0.15) is 38.1 Å². The lowest BCUT2D eigenvalue weighted by molar-refractivity contribution is -0.143. The van der Waals surface area contributed by atoms with Crippen molar-refractivity contribution in [3.8, 4) is 0 Å². The highest BCUT2D eigenvalue weighted by Crippen LogP contribution is 2.22. The molecule has 1 atom stereocenters. The number of hydrogen-bond acceptors (Lipinski definition) is 5. The molecule has 2 amide bonds. The van der Waals surface area contributed by atoms with Crippen molar-refractivity contribution in [2.24, 2.45) is 5.73 Å². The number of benzene rings is 1. The van der Waals surface area contributed by atoms with Crippen molar-refractivity contribution >= 4 is 40.7 Å². The molecule has 0 aliphatic carbocycles. The molecule has 0 spiro atoms. The molecule has 0 aliphatic rings. The molecule has 26 heavy (non-hydrogen) atoms. The smallest absolute Gasteiger partial charge is 0.312 e. The third kappa shape index (κ3) is 5.57. The van der Waals surface area contributed by atoms with E-state index < -0.39 is 18.0 Å². The van der Waals surface area contributed by atoms with E-state index in [1.807, 2.05) is 13.8 Å². The fourth-order valence-electron chi connectivity index (χ4n) is 2.48. The maximum atomic E-state index is 12.2. The van der Waals surface area contributed by atoms with Gasteiger partial charge in [0, 0.05) is 20.3 Å². The number of esters is 1. The average molecular weight is 395 g/mol. The second-order valence-corrected chi connectivity index (χ2v) is 7.62. The van der Waals surface area contributed by atoms with E-state index in [4.69, 9.17) is 22.1 Å². The SMILES string of the molecule is Cc1cc(C(=O)COC(=O)C[C@@H](NC(N)=O)c2ccc(Cl)cc2)c(C)s1. The maximum absolute atomic E-state index is 12.2. The summed E-state index contributed by atoms with van der Waals surface area (Å²) in [7, 11) is 0. The highest BCUT2D eigenvalue weighted by atomic mass is 35.5. The molecular weight excluding hydrogens is 376 g/mol. The van der Waals surface area contributed by atoms with E-state index in [1.54, 1.807) is 30.3 Å². The summed E-state index contributed by atoms with van der Waals surface area (Å²) in [6, 6.07) is 6.99. The Kier molecular flexibility index (Phi) is 6.76. The normalized spacial score (nSPS) is 11.7. The van der Waals surface area contributed by atoms with Crippen LogP contribution in [-0.4, -0.2) is 24.4 Å². The highest BCUT2D eigenvalue weighted by molar-refractivity contribution is 7.12. The van der Waals surface area contributed by atoms with Crippen LogP contribution in [0, 0.1) is 13.8 Å². The molecule has 0 saturated carbocycles. The van der Waals surface area contributed by atoms with Crippen LogP contribution in [0.3, 0.4) is 0 Å². The Morgan fingerprint density at radius 3 is 2.42 bits per heavy atom. The van der Waals surface area contributed by atoms with Gasteiger partial charge in [-0.15, -0.1) is 11.3 Å². The molecule has 0 fully saturated rings. The maximum Gasteiger partial charge on any atom is 0.312 e. The van der Waals surface area contributed by atoms with Crippen molar-refractivity contribution in [1.82, 2.24) is 5.32 Å². The summed E-state index contributed by atoms with van der Waals surface area (Å²) < 4.78 is 5.08. The second kappa shape index (κ2) is 8.82. The molecule has 138 valence electrons. The van der Waals surface area contributed by atoms with Crippen LogP contribution in [-0.2, 0) is 9.53 Å². The van der Waals surface area contributed by atoms with Crippen LogP contribution < -0.4 is 11.1 Å². The van der Waals surface area contributed by atoms with Gasteiger partial charge in [-0.1, -0.05) is 23.7 Å². The zero-order valence-corrected chi connectivity index (χ0v) is 15.9. The van der Waals surface area contributed by atoms with E-state index in [-0.39, 0.29) is 18.8 Å². The Labute approximate surface area is 160 Å². The van der Waals surface area contributed by atoms with Gasteiger partial charge in [0.1, 0.15) is 0 Å². The number of nitrogens with one attached hydrogen (secondary N) is 1. The van der Waals surface area contributed by atoms with Gasteiger partial charge in [-0.3, -0.25) is 9.59 Å². The van der Waals surface area contributed by atoms with Gasteiger partial charge in [-0.2, -0.15) is 0 Å². The minimum Gasteiger partial charge on any atom is -0.457 e. The first-order chi connectivity index (χ1) is 12.3. The molecule has 2 rings (SSSR count). The summed E-state index contributed by atoms with van der Waals surface area (Å²) in [6.45, 7) is 3.41. The number of carbonyl (C=O) groups is 3. The second-order valence-electron chi connectivity index (χ2n) is 5.73. The van der Waals surface area contributed by atoms with E-state index >= 15 is 0 Å². The van der Waals surface area contributed by atoms with Crippen molar-refractivity contribution in [3.05, 3.63) is 56.2 Å². The molecule has 0 aliphatic heterocycles. The number of aryl methyl sites for hydroxylation is 2. The largest absolute Gasteiger partial charge is 0.457 e. The fraction of sp³-hybridized carbons (Fsp3) is 0.278. The zero-order chi connectivity index (χ0) is 19.3. The van der Waals surface area contributed by atoms with Gasteiger partial charge in [-0.05, 0) is 37.6 Å². The van der Waals surface area contributed by atoms with E-state index in [0.717, 1.165) is 9.75 Å². The van der Waals surface area contributed by atoms with Crippen LogP contribution in [0.2, 0.25) is 5.02 Å². The molecule has 0 bridgehead atoms. The Bertz CT molecular complexity index is 817. The standard InChI is InChI=1S/C18H19ClN2O4S/c1-10-7-14(11(2)26-10)16(22)9-25-17(23)8-15(21-18(20)24)12-3-5-13(19)6-4-12/h3-7,15H,8-9H2,1-2H3,(H3,20,21,24)/t15-/m1/s1. The van der Waals surface area contributed by atoms with E-state index in [2.05, 4.69) is 5.32 Å². The number of rotatable bonds is 7. The Hall–Kier alpha value is -2.38. The summed E-state index contributed by atoms with van der Waals surface area (Å²) in [6.07, 6.45) is -0.153. The van der Waals surface area contributed by atoms with Crippen molar-refractivity contribution in [2.45, 2.75) is 26.3 Å². The number of carbonyl (C=O) groups excluding carboxylic acids is 3. The van der Waals surface area contributed by atoms with Crippen molar-refractivity contribution in [1.29, 1.82) is 0 Å². The summed E-state index contributed by atoms with van der Waals surface area (Å²) in [5.41, 5.74) is 6.39. The van der Waals surface area contributed by atoms with Crippen LogP contribution in [0.4, 0.5) is 4.79 Å². The van der Waals surface area contributed by atoms with Crippen molar-refractivity contribution < 1.29 is 19.1 Å². The number of primary amides is 1. The van der Waals surface area contributed by atoms with Crippen LogP contribution in [0.5, 0.6) is 0 Å². The van der Waals surface area contributed by atoms with Gasteiger partial charge in [0.2, 0.25) is 5.78 Å². The molecule has 1 aromatic heterocycles. The molecule has 1 aromatic carbocycles. The quantitative estimate of drug-likeness (QED) is 0.554. The number of ketones is 1. The lowest BCUT2D eigenvalue weighted by atomic mass is 10.0. The summed E-state index contributed by atoms with van der Waals surface area (Å²) in [5, 5.41) is 3.02. The predicted molar refractivity (Wildman–Crippen MR) is 101 cm³/mol. The molecule has 3 N–H and O–H groups in total. The predicted octanol–water partition coefficient (Wildman–Crippen LogP) is 3.54. The van der Waals surface area contributed by atoms with E-state index in [9.17, 15) is 14.4 Å². The lowest BCUT2D eigenvalue weighted by Gasteiger charge is -2.17. The minimum absolute atomic E-state index is 0.153. The molecule has 8 heteroatoms. The number of Topliss-reactive ketones (excluding diaryl/α,β-unsaturated/α-hetero) is 1. The molecular formula is C18H19ClN2O4S. The van der Waals surface area contributed by atoms with Gasteiger partial charge in [-0.25, -0.2) is 4.79 Å².